The number of aryl methyl sites for hydroxylation is 1. The molecule has 2 rings (SSSR count). The number of hydrogen-bond acceptors (Lipinski definition) is 3. The van der Waals surface area contributed by atoms with E-state index in [4.69, 9.17) is 0 Å². The van der Waals surface area contributed by atoms with E-state index in [-0.39, 0.29) is 11.5 Å². The first-order chi connectivity index (χ1) is 9.42. The summed E-state index contributed by atoms with van der Waals surface area (Å²) >= 11 is 3.25. The number of nitrogens with one attached hydrogen (secondary N) is 1. The molecule has 0 aromatic heterocycles. The van der Waals surface area contributed by atoms with Gasteiger partial charge in [-0.15, -0.1) is 0 Å². The highest BCUT2D eigenvalue weighted by Gasteiger charge is 2.16. The minimum absolute atomic E-state index is 0.163. The molecule has 0 radical (unpaired) electrons. The average Bonchev–Trinajstić information content (AvgIpc) is 2.40. The van der Waals surface area contributed by atoms with E-state index < -0.39 is 10.0 Å². The molecule has 0 saturated carbocycles. The third-order valence-corrected chi connectivity index (χ3v) is 4.64. The molecule has 6 heteroatoms. The highest BCUT2D eigenvalue weighted by molar-refractivity contribution is 9.10. The molecule has 0 aliphatic heterocycles. The number of aliphatic hydroxyl groups is 1. The van der Waals surface area contributed by atoms with Crippen molar-refractivity contribution in [2.45, 2.75) is 18.4 Å². The second kappa shape index (κ2) is 5.95. The summed E-state index contributed by atoms with van der Waals surface area (Å²) in [5.74, 6) is 0. The van der Waals surface area contributed by atoms with Gasteiger partial charge in [0, 0.05) is 10.0 Å². The second-order valence-electron chi connectivity index (χ2n) is 4.38. The first-order valence-electron chi connectivity index (χ1n) is 5.91. The number of aliphatic hydroxyl groups excluding tert-OH is 1. The molecule has 0 aliphatic rings. The van der Waals surface area contributed by atoms with Crippen LogP contribution < -0.4 is 4.72 Å². The Morgan fingerprint density at radius 2 is 1.95 bits per heavy atom. The van der Waals surface area contributed by atoms with E-state index in [0.717, 1.165) is 5.56 Å². The van der Waals surface area contributed by atoms with E-state index in [1.807, 2.05) is 6.92 Å². The van der Waals surface area contributed by atoms with Crippen LogP contribution in [0, 0.1) is 6.92 Å². The molecule has 2 N–H and O–H groups in total. The summed E-state index contributed by atoms with van der Waals surface area (Å²) in [5, 5.41) is 9.31. The Labute approximate surface area is 126 Å². The minimum Gasteiger partial charge on any atom is -0.392 e. The zero-order chi connectivity index (χ0) is 14.8. The smallest absolute Gasteiger partial charge is 0.261 e. The third kappa shape index (κ3) is 3.39. The lowest BCUT2D eigenvalue weighted by molar-refractivity contribution is 0.282. The Bertz CT molecular complexity index is 729. The Kier molecular flexibility index (Phi) is 4.47. The molecule has 2 aromatic carbocycles. The molecular formula is C14H14BrNO3S. The van der Waals surface area contributed by atoms with E-state index in [1.54, 1.807) is 30.3 Å². The van der Waals surface area contributed by atoms with Crippen molar-refractivity contribution >= 4 is 31.6 Å². The normalized spacial score (nSPS) is 11.3. The first-order valence-corrected chi connectivity index (χ1v) is 8.19. The van der Waals surface area contributed by atoms with Gasteiger partial charge in [-0.05, 0) is 31.2 Å². The van der Waals surface area contributed by atoms with Gasteiger partial charge in [-0.3, -0.25) is 4.72 Å². The molecule has 0 aliphatic carbocycles. The maximum Gasteiger partial charge on any atom is 0.261 e. The van der Waals surface area contributed by atoms with Crippen LogP contribution in [0.5, 0.6) is 0 Å². The van der Waals surface area contributed by atoms with Crippen molar-refractivity contribution in [1.82, 2.24) is 0 Å². The maximum absolute atomic E-state index is 12.3. The number of benzene rings is 2. The summed E-state index contributed by atoms with van der Waals surface area (Å²) in [5.41, 5.74) is 1.89. The number of sulfonamides is 1. The Balaban J connectivity index is 2.38. The lowest BCUT2D eigenvalue weighted by Gasteiger charge is -2.12. The van der Waals surface area contributed by atoms with Crippen molar-refractivity contribution in [3.63, 3.8) is 0 Å². The zero-order valence-electron chi connectivity index (χ0n) is 10.8. The summed E-state index contributed by atoms with van der Waals surface area (Å²) in [7, 11) is -3.67. The van der Waals surface area contributed by atoms with Crippen LogP contribution in [-0.4, -0.2) is 13.5 Å². The average molecular weight is 356 g/mol. The lowest BCUT2D eigenvalue weighted by atomic mass is 10.1. The third-order valence-electron chi connectivity index (χ3n) is 2.78. The van der Waals surface area contributed by atoms with Gasteiger partial charge < -0.3 is 5.11 Å². The zero-order valence-corrected chi connectivity index (χ0v) is 13.2. The molecule has 0 bridgehead atoms. The van der Waals surface area contributed by atoms with E-state index in [1.165, 1.54) is 12.1 Å². The molecule has 0 heterocycles. The van der Waals surface area contributed by atoms with Gasteiger partial charge in [0.05, 0.1) is 17.2 Å². The number of hydrogen-bond donors (Lipinski definition) is 2. The van der Waals surface area contributed by atoms with Crippen LogP contribution in [0.15, 0.2) is 51.8 Å². The molecule has 0 saturated heterocycles. The highest BCUT2D eigenvalue weighted by Crippen LogP contribution is 2.23. The van der Waals surface area contributed by atoms with Crippen molar-refractivity contribution in [1.29, 1.82) is 0 Å². The fourth-order valence-electron chi connectivity index (χ4n) is 1.79. The largest absolute Gasteiger partial charge is 0.392 e. The Morgan fingerprint density at radius 3 is 2.60 bits per heavy atom. The predicted molar refractivity (Wildman–Crippen MR) is 82.1 cm³/mol. The lowest BCUT2D eigenvalue weighted by Crippen LogP contribution is -2.14. The summed E-state index contributed by atoms with van der Waals surface area (Å²) in [6.45, 7) is 1.66. The Hall–Kier alpha value is -1.37. The highest BCUT2D eigenvalue weighted by atomic mass is 79.9. The van der Waals surface area contributed by atoms with Crippen LogP contribution in [0.1, 0.15) is 11.1 Å². The molecule has 0 fully saturated rings. The molecule has 0 spiro atoms. The summed E-state index contributed by atoms with van der Waals surface area (Å²) in [6, 6.07) is 11.6. The summed E-state index contributed by atoms with van der Waals surface area (Å²) < 4.78 is 27.8. The number of halogens is 1. The van der Waals surface area contributed by atoms with Crippen LogP contribution in [0.3, 0.4) is 0 Å². The van der Waals surface area contributed by atoms with Crippen molar-refractivity contribution in [2.24, 2.45) is 0 Å². The summed E-state index contributed by atoms with van der Waals surface area (Å²) in [4.78, 5) is 0.163. The topological polar surface area (TPSA) is 66.4 Å². The Morgan fingerprint density at radius 1 is 1.20 bits per heavy atom. The molecule has 0 unspecified atom stereocenters. The molecular weight excluding hydrogens is 342 g/mol. The fourth-order valence-corrected chi connectivity index (χ4v) is 3.49. The molecule has 20 heavy (non-hydrogen) atoms. The first kappa shape index (κ1) is 15.0. The molecule has 106 valence electrons. The van der Waals surface area contributed by atoms with Gasteiger partial charge in [-0.25, -0.2) is 8.42 Å². The van der Waals surface area contributed by atoms with E-state index >= 15 is 0 Å². The molecule has 4 nitrogen and oxygen atoms in total. The van der Waals surface area contributed by atoms with Gasteiger partial charge in [0.1, 0.15) is 0 Å². The standard InChI is InChI=1S/C14H14BrNO3S/c1-10-5-6-14(11(7-10)9-17)16-20(18,19)13-4-2-3-12(15)8-13/h2-8,16-17H,9H2,1H3. The second-order valence-corrected chi connectivity index (χ2v) is 6.98. The maximum atomic E-state index is 12.3. The van der Waals surface area contributed by atoms with Gasteiger partial charge in [0.15, 0.2) is 0 Å². The van der Waals surface area contributed by atoms with Gasteiger partial charge in [0.25, 0.3) is 10.0 Å². The van der Waals surface area contributed by atoms with Gasteiger partial charge in [-0.1, -0.05) is 39.7 Å². The molecule has 0 amide bonds. The monoisotopic (exact) mass is 355 g/mol. The predicted octanol–water partition coefficient (Wildman–Crippen LogP) is 3.05. The summed E-state index contributed by atoms with van der Waals surface area (Å²) in [6.07, 6.45) is 0. The van der Waals surface area contributed by atoms with Crippen molar-refractivity contribution in [3.8, 4) is 0 Å². The van der Waals surface area contributed by atoms with Gasteiger partial charge in [0.2, 0.25) is 0 Å². The van der Waals surface area contributed by atoms with Crippen LogP contribution >= 0.6 is 15.9 Å². The van der Waals surface area contributed by atoms with Gasteiger partial charge >= 0.3 is 0 Å². The fraction of sp³-hybridized carbons (Fsp3) is 0.143. The molecule has 2 aromatic rings. The van der Waals surface area contributed by atoms with Crippen LogP contribution in [0.2, 0.25) is 0 Å². The van der Waals surface area contributed by atoms with Crippen molar-refractivity contribution in [2.75, 3.05) is 4.72 Å². The van der Waals surface area contributed by atoms with E-state index in [9.17, 15) is 13.5 Å². The molecule has 0 atom stereocenters. The van der Waals surface area contributed by atoms with Crippen LogP contribution in [0.25, 0.3) is 0 Å². The quantitative estimate of drug-likeness (QED) is 0.885. The van der Waals surface area contributed by atoms with Crippen LogP contribution in [-0.2, 0) is 16.6 Å². The van der Waals surface area contributed by atoms with Crippen molar-refractivity contribution in [3.05, 3.63) is 58.1 Å². The SMILES string of the molecule is Cc1ccc(NS(=O)(=O)c2cccc(Br)c2)c(CO)c1. The van der Waals surface area contributed by atoms with E-state index in [0.29, 0.717) is 15.7 Å². The van der Waals surface area contributed by atoms with E-state index in [2.05, 4.69) is 20.7 Å². The number of rotatable bonds is 4. The van der Waals surface area contributed by atoms with Crippen molar-refractivity contribution < 1.29 is 13.5 Å². The number of anilines is 1. The van der Waals surface area contributed by atoms with Crippen LogP contribution in [0.4, 0.5) is 5.69 Å². The van der Waals surface area contributed by atoms with Gasteiger partial charge in [-0.2, -0.15) is 0 Å². The minimum atomic E-state index is -3.67.